The Morgan fingerprint density at radius 1 is 1.14 bits per heavy atom. The summed E-state index contributed by atoms with van der Waals surface area (Å²) in [4.78, 5) is 5.60. The highest BCUT2D eigenvalue weighted by atomic mass is 32.1. The third-order valence-corrected chi connectivity index (χ3v) is 5.58. The van der Waals surface area contributed by atoms with Gasteiger partial charge in [0.1, 0.15) is 0 Å². The second-order valence-electron chi connectivity index (χ2n) is 5.70. The summed E-state index contributed by atoms with van der Waals surface area (Å²) in [5.41, 5.74) is 2.86. The highest BCUT2D eigenvalue weighted by Gasteiger charge is 2.26. The van der Waals surface area contributed by atoms with Crippen LogP contribution < -0.4 is 5.32 Å². The fourth-order valence-corrected chi connectivity index (χ4v) is 4.20. The van der Waals surface area contributed by atoms with Gasteiger partial charge in [0, 0.05) is 35.9 Å². The lowest BCUT2D eigenvalue weighted by molar-refractivity contribution is 0.200. The van der Waals surface area contributed by atoms with Crippen LogP contribution in [0.5, 0.6) is 0 Å². The third kappa shape index (κ3) is 3.20. The van der Waals surface area contributed by atoms with Crippen LogP contribution >= 0.6 is 11.3 Å². The summed E-state index contributed by atoms with van der Waals surface area (Å²) in [5.74, 6) is 0. The van der Waals surface area contributed by atoms with Crippen LogP contribution in [0.4, 0.5) is 0 Å². The number of thiophene rings is 1. The Morgan fingerprint density at radius 3 is 2.57 bits per heavy atom. The van der Waals surface area contributed by atoms with Crippen molar-refractivity contribution in [2.45, 2.75) is 26.3 Å². The minimum atomic E-state index is 0.415. The average Bonchev–Trinajstić information content (AvgIpc) is 2.99. The molecular formula is C18H24N2S. The van der Waals surface area contributed by atoms with Crippen LogP contribution in [0.1, 0.15) is 33.8 Å². The van der Waals surface area contributed by atoms with Crippen molar-refractivity contribution in [1.29, 1.82) is 0 Å². The van der Waals surface area contributed by atoms with E-state index in [0.717, 1.165) is 32.6 Å². The van der Waals surface area contributed by atoms with Crippen LogP contribution in [0, 0.1) is 6.92 Å². The standard InChI is InChI=1S/C18H24N2S/c1-3-15-8-9-17(21-15)18(20-12-10-19-11-13-20)16-7-5-4-6-14(16)2/h4-9,18-19H,3,10-13H2,1-2H3. The van der Waals surface area contributed by atoms with E-state index in [-0.39, 0.29) is 0 Å². The number of hydrogen-bond donors (Lipinski definition) is 1. The number of hydrogen-bond acceptors (Lipinski definition) is 3. The van der Waals surface area contributed by atoms with Crippen molar-refractivity contribution < 1.29 is 0 Å². The fraction of sp³-hybridized carbons (Fsp3) is 0.444. The van der Waals surface area contributed by atoms with Crippen LogP contribution in [0.25, 0.3) is 0 Å². The number of nitrogens with one attached hydrogen (secondary N) is 1. The molecule has 0 bridgehead atoms. The van der Waals surface area contributed by atoms with Crippen molar-refractivity contribution >= 4 is 11.3 Å². The van der Waals surface area contributed by atoms with E-state index in [0.29, 0.717) is 6.04 Å². The van der Waals surface area contributed by atoms with Crippen molar-refractivity contribution in [1.82, 2.24) is 10.2 Å². The smallest absolute Gasteiger partial charge is 0.0699 e. The zero-order valence-electron chi connectivity index (χ0n) is 12.9. The lowest BCUT2D eigenvalue weighted by atomic mass is 9.98. The largest absolute Gasteiger partial charge is 0.314 e. The summed E-state index contributed by atoms with van der Waals surface area (Å²) in [6.07, 6.45) is 1.13. The molecule has 2 aromatic rings. The molecule has 0 saturated carbocycles. The van der Waals surface area contributed by atoms with Crippen molar-refractivity contribution in [3.63, 3.8) is 0 Å². The Balaban J connectivity index is 1.99. The normalized spacial score (nSPS) is 17.8. The molecule has 0 radical (unpaired) electrons. The Bertz CT molecular complexity index is 584. The SMILES string of the molecule is CCc1ccc(C(c2ccccc2C)N2CCNCC2)s1. The average molecular weight is 300 g/mol. The van der Waals surface area contributed by atoms with Gasteiger partial charge in [-0.3, -0.25) is 4.90 Å². The molecule has 1 N–H and O–H groups in total. The van der Waals surface area contributed by atoms with Gasteiger partial charge in [0.25, 0.3) is 0 Å². The van der Waals surface area contributed by atoms with Gasteiger partial charge in [0.15, 0.2) is 0 Å². The summed E-state index contributed by atoms with van der Waals surface area (Å²) in [5, 5.41) is 3.47. The maximum Gasteiger partial charge on any atom is 0.0699 e. The zero-order chi connectivity index (χ0) is 14.7. The van der Waals surface area contributed by atoms with E-state index in [1.54, 1.807) is 0 Å². The molecule has 3 rings (SSSR count). The number of aryl methyl sites for hydroxylation is 2. The number of rotatable bonds is 4. The van der Waals surface area contributed by atoms with E-state index < -0.39 is 0 Å². The highest BCUT2D eigenvalue weighted by molar-refractivity contribution is 7.12. The molecule has 1 aromatic heterocycles. The zero-order valence-corrected chi connectivity index (χ0v) is 13.7. The monoisotopic (exact) mass is 300 g/mol. The molecule has 0 amide bonds. The first kappa shape index (κ1) is 14.8. The minimum absolute atomic E-state index is 0.415. The lowest BCUT2D eigenvalue weighted by Gasteiger charge is -2.35. The Morgan fingerprint density at radius 2 is 1.90 bits per heavy atom. The summed E-state index contributed by atoms with van der Waals surface area (Å²) in [6.45, 7) is 8.90. The first-order chi connectivity index (χ1) is 10.3. The molecule has 1 saturated heterocycles. The van der Waals surface area contributed by atoms with E-state index in [1.165, 1.54) is 20.9 Å². The molecule has 2 nitrogen and oxygen atoms in total. The van der Waals surface area contributed by atoms with Crippen molar-refractivity contribution in [2.75, 3.05) is 26.2 Å². The molecule has 0 aliphatic carbocycles. The Kier molecular flexibility index (Phi) is 4.73. The van der Waals surface area contributed by atoms with Crippen LogP contribution in [0.2, 0.25) is 0 Å². The molecule has 1 aliphatic rings. The third-order valence-electron chi connectivity index (χ3n) is 4.30. The van der Waals surface area contributed by atoms with E-state index in [1.807, 2.05) is 11.3 Å². The Hall–Kier alpha value is -1.16. The van der Waals surface area contributed by atoms with Gasteiger partial charge in [-0.05, 0) is 36.6 Å². The maximum absolute atomic E-state index is 3.47. The summed E-state index contributed by atoms with van der Waals surface area (Å²) in [6, 6.07) is 13.9. The first-order valence-corrected chi connectivity index (χ1v) is 8.70. The fourth-order valence-electron chi connectivity index (χ4n) is 3.10. The van der Waals surface area contributed by atoms with Crippen LogP contribution in [-0.2, 0) is 6.42 Å². The predicted octanol–water partition coefficient (Wildman–Crippen LogP) is 3.61. The lowest BCUT2D eigenvalue weighted by Crippen LogP contribution is -2.45. The highest BCUT2D eigenvalue weighted by Crippen LogP contribution is 2.35. The Labute approximate surface area is 131 Å². The second kappa shape index (κ2) is 6.73. The molecule has 1 aliphatic heterocycles. The summed E-state index contributed by atoms with van der Waals surface area (Å²) < 4.78 is 0. The van der Waals surface area contributed by atoms with Gasteiger partial charge in [-0.25, -0.2) is 0 Å². The van der Waals surface area contributed by atoms with Crippen molar-refractivity contribution in [3.8, 4) is 0 Å². The topological polar surface area (TPSA) is 15.3 Å². The molecule has 112 valence electrons. The molecule has 1 fully saturated rings. The summed E-state index contributed by atoms with van der Waals surface area (Å²) >= 11 is 1.98. The first-order valence-electron chi connectivity index (χ1n) is 7.88. The van der Waals surface area contributed by atoms with E-state index in [4.69, 9.17) is 0 Å². The van der Waals surface area contributed by atoms with Gasteiger partial charge in [0.05, 0.1) is 6.04 Å². The van der Waals surface area contributed by atoms with Gasteiger partial charge in [0.2, 0.25) is 0 Å². The van der Waals surface area contributed by atoms with E-state index in [9.17, 15) is 0 Å². The molecule has 1 atom stereocenters. The molecule has 1 unspecified atom stereocenters. The molecule has 21 heavy (non-hydrogen) atoms. The number of piperazine rings is 1. The van der Waals surface area contributed by atoms with Gasteiger partial charge in [-0.1, -0.05) is 31.2 Å². The quantitative estimate of drug-likeness (QED) is 0.928. The van der Waals surface area contributed by atoms with Gasteiger partial charge >= 0.3 is 0 Å². The second-order valence-corrected chi connectivity index (χ2v) is 6.90. The minimum Gasteiger partial charge on any atom is -0.314 e. The van der Waals surface area contributed by atoms with E-state index in [2.05, 4.69) is 60.5 Å². The van der Waals surface area contributed by atoms with Crippen molar-refractivity contribution in [3.05, 3.63) is 57.3 Å². The molecule has 1 aromatic carbocycles. The number of benzene rings is 1. The van der Waals surface area contributed by atoms with Crippen molar-refractivity contribution in [2.24, 2.45) is 0 Å². The molecule has 0 spiro atoms. The van der Waals surface area contributed by atoms with Gasteiger partial charge < -0.3 is 5.32 Å². The predicted molar refractivity (Wildman–Crippen MR) is 91.2 cm³/mol. The van der Waals surface area contributed by atoms with Gasteiger partial charge in [-0.15, -0.1) is 11.3 Å². The van der Waals surface area contributed by atoms with Crippen LogP contribution in [-0.4, -0.2) is 31.1 Å². The molecule has 3 heteroatoms. The van der Waals surface area contributed by atoms with Gasteiger partial charge in [-0.2, -0.15) is 0 Å². The maximum atomic E-state index is 3.47. The molecule has 2 heterocycles. The summed E-state index contributed by atoms with van der Waals surface area (Å²) in [7, 11) is 0. The van der Waals surface area contributed by atoms with Crippen LogP contribution in [0.15, 0.2) is 36.4 Å². The van der Waals surface area contributed by atoms with E-state index >= 15 is 0 Å². The number of nitrogens with zero attached hydrogens (tertiary/aromatic N) is 1. The van der Waals surface area contributed by atoms with Crippen LogP contribution in [0.3, 0.4) is 0 Å². The molecular weight excluding hydrogens is 276 g/mol.